The maximum atomic E-state index is 11.6. The number of aliphatic imine (C=N–C) groups is 1. The zero-order chi connectivity index (χ0) is 12.0. The Morgan fingerprint density at radius 1 is 1.35 bits per heavy atom. The number of likely N-dealkylation sites (N-methyl/N-ethyl adjacent to an activating group) is 1. The van der Waals surface area contributed by atoms with E-state index in [1.807, 2.05) is 7.05 Å². The van der Waals surface area contributed by atoms with E-state index in [1.54, 1.807) is 0 Å². The molecule has 0 unspecified atom stereocenters. The van der Waals surface area contributed by atoms with Crippen LogP contribution in [0.5, 0.6) is 0 Å². The SMILES string of the molecule is CN1CC2=C(C1)N=C(n1ccc(=O)[nH]c1=O)C2. The van der Waals surface area contributed by atoms with Crippen molar-refractivity contribution in [2.24, 2.45) is 4.99 Å². The summed E-state index contributed by atoms with van der Waals surface area (Å²) in [5.74, 6) is 0.698. The van der Waals surface area contributed by atoms with Crippen LogP contribution in [0.3, 0.4) is 0 Å². The number of hydrogen-bond acceptors (Lipinski definition) is 4. The molecule has 1 aromatic heterocycles. The van der Waals surface area contributed by atoms with Crippen molar-refractivity contribution in [3.63, 3.8) is 0 Å². The molecule has 3 rings (SSSR count). The predicted molar refractivity (Wildman–Crippen MR) is 63.3 cm³/mol. The average Bonchev–Trinajstić information content (AvgIpc) is 2.74. The van der Waals surface area contributed by atoms with Crippen LogP contribution in [0.15, 0.2) is 38.1 Å². The maximum Gasteiger partial charge on any atom is 0.333 e. The molecule has 1 aromatic rings. The Balaban J connectivity index is 1.96. The Hall–Kier alpha value is -1.95. The minimum Gasteiger partial charge on any atom is -0.297 e. The van der Waals surface area contributed by atoms with E-state index in [2.05, 4.69) is 14.9 Å². The molecule has 0 spiro atoms. The van der Waals surface area contributed by atoms with Crippen LogP contribution in [0.4, 0.5) is 0 Å². The van der Waals surface area contributed by atoms with Crippen molar-refractivity contribution in [2.45, 2.75) is 6.42 Å². The van der Waals surface area contributed by atoms with Gasteiger partial charge in [-0.05, 0) is 12.6 Å². The van der Waals surface area contributed by atoms with Gasteiger partial charge in [-0.1, -0.05) is 0 Å². The van der Waals surface area contributed by atoms with Gasteiger partial charge in [0.15, 0.2) is 0 Å². The summed E-state index contributed by atoms with van der Waals surface area (Å²) in [4.78, 5) is 31.4. The third kappa shape index (κ3) is 1.66. The topological polar surface area (TPSA) is 70.5 Å². The highest BCUT2D eigenvalue weighted by molar-refractivity contribution is 5.90. The molecule has 2 aliphatic heterocycles. The second-order valence-electron chi connectivity index (χ2n) is 4.41. The van der Waals surface area contributed by atoms with E-state index >= 15 is 0 Å². The highest BCUT2D eigenvalue weighted by atomic mass is 16.2. The van der Waals surface area contributed by atoms with E-state index in [4.69, 9.17) is 0 Å². The average molecular weight is 232 g/mol. The van der Waals surface area contributed by atoms with Gasteiger partial charge in [0, 0.05) is 31.8 Å². The van der Waals surface area contributed by atoms with Gasteiger partial charge in [0.2, 0.25) is 0 Å². The number of nitrogens with one attached hydrogen (secondary N) is 1. The number of aromatic amines is 1. The largest absolute Gasteiger partial charge is 0.333 e. The lowest BCUT2D eigenvalue weighted by molar-refractivity contribution is 0.421. The van der Waals surface area contributed by atoms with Crippen molar-refractivity contribution in [3.05, 3.63) is 44.4 Å². The van der Waals surface area contributed by atoms with Gasteiger partial charge in [-0.3, -0.25) is 19.2 Å². The molecular formula is C11H12N4O2. The molecule has 6 heteroatoms. The zero-order valence-electron chi connectivity index (χ0n) is 9.43. The summed E-state index contributed by atoms with van der Waals surface area (Å²) in [5.41, 5.74) is 1.51. The van der Waals surface area contributed by atoms with Gasteiger partial charge in [0.05, 0.1) is 5.70 Å². The molecule has 3 heterocycles. The Morgan fingerprint density at radius 2 is 2.18 bits per heavy atom. The molecule has 0 amide bonds. The fourth-order valence-corrected chi connectivity index (χ4v) is 2.26. The highest BCUT2D eigenvalue weighted by Gasteiger charge is 2.26. The molecule has 0 saturated carbocycles. The summed E-state index contributed by atoms with van der Waals surface area (Å²) in [5, 5.41) is 0. The third-order valence-corrected chi connectivity index (χ3v) is 3.03. The van der Waals surface area contributed by atoms with Gasteiger partial charge in [0.25, 0.3) is 5.56 Å². The Morgan fingerprint density at radius 3 is 2.88 bits per heavy atom. The number of hydrogen-bond donors (Lipinski definition) is 1. The van der Waals surface area contributed by atoms with E-state index in [0.717, 1.165) is 18.8 Å². The van der Waals surface area contributed by atoms with Crippen LogP contribution in [0.25, 0.3) is 0 Å². The summed E-state index contributed by atoms with van der Waals surface area (Å²) < 4.78 is 1.40. The van der Waals surface area contributed by atoms with E-state index in [0.29, 0.717) is 12.3 Å². The second-order valence-corrected chi connectivity index (χ2v) is 4.41. The molecule has 0 aliphatic carbocycles. The molecule has 6 nitrogen and oxygen atoms in total. The predicted octanol–water partition coefficient (Wildman–Crippen LogP) is -0.614. The van der Waals surface area contributed by atoms with Crippen molar-refractivity contribution in [1.29, 1.82) is 0 Å². The molecule has 17 heavy (non-hydrogen) atoms. The number of nitrogens with zero attached hydrogens (tertiary/aromatic N) is 3. The van der Waals surface area contributed by atoms with Crippen molar-refractivity contribution < 1.29 is 0 Å². The fraction of sp³-hybridized carbons (Fsp3) is 0.364. The summed E-state index contributed by atoms with van der Waals surface area (Å²) in [6, 6.07) is 1.33. The van der Waals surface area contributed by atoms with Crippen molar-refractivity contribution in [3.8, 4) is 0 Å². The number of H-pyrrole nitrogens is 1. The molecule has 0 fully saturated rings. The smallest absolute Gasteiger partial charge is 0.297 e. The zero-order valence-corrected chi connectivity index (χ0v) is 9.43. The normalized spacial score (nSPS) is 19.7. The van der Waals surface area contributed by atoms with Crippen LogP contribution in [0, 0.1) is 0 Å². The quantitative estimate of drug-likeness (QED) is 0.648. The Kier molecular flexibility index (Phi) is 2.12. The summed E-state index contributed by atoms with van der Waals surface area (Å²) >= 11 is 0. The van der Waals surface area contributed by atoms with Crippen LogP contribution in [0.1, 0.15) is 6.42 Å². The fourth-order valence-electron chi connectivity index (χ4n) is 2.26. The lowest BCUT2D eigenvalue weighted by Crippen LogP contribution is -2.33. The van der Waals surface area contributed by atoms with E-state index in [1.165, 1.54) is 22.4 Å². The van der Waals surface area contributed by atoms with Crippen LogP contribution in [-0.2, 0) is 0 Å². The first kappa shape index (κ1) is 10.2. The van der Waals surface area contributed by atoms with Crippen LogP contribution in [-0.4, -0.2) is 40.4 Å². The van der Waals surface area contributed by atoms with Crippen molar-refractivity contribution in [1.82, 2.24) is 14.5 Å². The third-order valence-electron chi connectivity index (χ3n) is 3.03. The Bertz CT molecular complexity index is 650. The van der Waals surface area contributed by atoms with Gasteiger partial charge in [0.1, 0.15) is 5.84 Å². The molecule has 2 aliphatic rings. The second kappa shape index (κ2) is 3.53. The molecular weight excluding hydrogens is 220 g/mol. The Labute approximate surface area is 96.9 Å². The van der Waals surface area contributed by atoms with Crippen molar-refractivity contribution >= 4 is 5.84 Å². The molecule has 88 valence electrons. The van der Waals surface area contributed by atoms with Gasteiger partial charge in [-0.25, -0.2) is 9.79 Å². The molecule has 0 bridgehead atoms. The minimum absolute atomic E-state index is 0.384. The first-order chi connectivity index (χ1) is 8.13. The van der Waals surface area contributed by atoms with Gasteiger partial charge < -0.3 is 0 Å². The minimum atomic E-state index is -0.425. The summed E-state index contributed by atoms with van der Waals surface area (Å²) in [6.07, 6.45) is 2.16. The lowest BCUT2D eigenvalue weighted by Gasteiger charge is -2.10. The van der Waals surface area contributed by atoms with Crippen LogP contribution < -0.4 is 11.2 Å². The van der Waals surface area contributed by atoms with Crippen LogP contribution in [0.2, 0.25) is 0 Å². The van der Waals surface area contributed by atoms with E-state index in [9.17, 15) is 9.59 Å². The molecule has 1 N–H and O–H groups in total. The van der Waals surface area contributed by atoms with Crippen LogP contribution >= 0.6 is 0 Å². The molecule has 0 saturated heterocycles. The van der Waals surface area contributed by atoms with E-state index in [-0.39, 0.29) is 5.56 Å². The number of rotatable bonds is 0. The maximum absolute atomic E-state index is 11.6. The molecule has 0 radical (unpaired) electrons. The standard InChI is InChI=1S/C11H12N4O2/c1-14-5-7-4-9(12-8(7)6-14)15-3-2-10(16)13-11(15)17/h2-3H,4-6H2,1H3,(H,13,16,17). The highest BCUT2D eigenvalue weighted by Crippen LogP contribution is 2.26. The number of aromatic nitrogens is 2. The summed E-state index contributed by atoms with van der Waals surface area (Å²) in [7, 11) is 2.04. The van der Waals surface area contributed by atoms with Crippen molar-refractivity contribution in [2.75, 3.05) is 20.1 Å². The van der Waals surface area contributed by atoms with Gasteiger partial charge >= 0.3 is 5.69 Å². The molecule has 0 aromatic carbocycles. The van der Waals surface area contributed by atoms with E-state index < -0.39 is 5.69 Å². The van der Waals surface area contributed by atoms with Gasteiger partial charge in [-0.15, -0.1) is 0 Å². The van der Waals surface area contributed by atoms with Gasteiger partial charge in [-0.2, -0.15) is 0 Å². The summed E-state index contributed by atoms with van der Waals surface area (Å²) in [6.45, 7) is 1.73. The monoisotopic (exact) mass is 232 g/mol. The first-order valence-electron chi connectivity index (χ1n) is 5.43. The first-order valence-corrected chi connectivity index (χ1v) is 5.43. The lowest BCUT2D eigenvalue weighted by atomic mass is 10.2. The molecule has 0 atom stereocenters.